The van der Waals surface area contributed by atoms with Gasteiger partial charge in [0.1, 0.15) is 18.2 Å². The van der Waals surface area contributed by atoms with Gasteiger partial charge in [-0.15, -0.1) is 0 Å². The molecule has 108 valence electrons. The third-order valence-corrected chi connectivity index (χ3v) is 2.83. The maximum Gasteiger partial charge on any atom is 0.167 e. The van der Waals surface area contributed by atoms with E-state index in [1.165, 1.54) is 6.07 Å². The zero-order valence-corrected chi connectivity index (χ0v) is 11.3. The minimum absolute atomic E-state index is 0.00951. The van der Waals surface area contributed by atoms with Crippen LogP contribution in [0.4, 0.5) is 8.78 Å². The number of rotatable bonds is 7. The summed E-state index contributed by atoms with van der Waals surface area (Å²) in [6.07, 6.45) is 2.62. The smallest absolute Gasteiger partial charge is 0.167 e. The van der Waals surface area contributed by atoms with Gasteiger partial charge in [-0.25, -0.2) is 8.78 Å². The second-order valence-electron chi connectivity index (χ2n) is 4.41. The zero-order chi connectivity index (χ0) is 14.4. The second-order valence-corrected chi connectivity index (χ2v) is 4.41. The van der Waals surface area contributed by atoms with Gasteiger partial charge in [-0.2, -0.15) is 0 Å². The molecule has 2 aromatic rings. The number of ether oxygens (including phenoxy) is 1. The number of furan rings is 1. The van der Waals surface area contributed by atoms with Crippen LogP contribution in [0.1, 0.15) is 24.7 Å². The molecule has 1 heterocycles. The molecule has 1 N–H and O–H groups in total. The summed E-state index contributed by atoms with van der Waals surface area (Å²) in [4.78, 5) is 0. The Morgan fingerprint density at radius 3 is 2.85 bits per heavy atom. The number of benzene rings is 1. The van der Waals surface area contributed by atoms with E-state index in [0.29, 0.717) is 12.3 Å². The summed E-state index contributed by atoms with van der Waals surface area (Å²) in [5.41, 5.74) is 0.973. The van der Waals surface area contributed by atoms with Crippen molar-refractivity contribution < 1.29 is 17.9 Å². The molecular formula is C15H17F2NO2. The molecule has 0 bridgehead atoms. The molecule has 0 saturated carbocycles. The van der Waals surface area contributed by atoms with Gasteiger partial charge in [0.15, 0.2) is 11.6 Å². The van der Waals surface area contributed by atoms with Crippen LogP contribution in [0.5, 0.6) is 5.75 Å². The molecule has 0 aliphatic rings. The Bertz CT molecular complexity index is 555. The molecule has 0 atom stereocenters. The first-order valence-electron chi connectivity index (χ1n) is 6.54. The molecule has 0 radical (unpaired) electrons. The Hall–Kier alpha value is -1.88. The minimum atomic E-state index is -0.720. The summed E-state index contributed by atoms with van der Waals surface area (Å²) >= 11 is 0. The van der Waals surface area contributed by atoms with Crippen LogP contribution in [0, 0.1) is 11.6 Å². The average molecular weight is 281 g/mol. The molecule has 1 aromatic heterocycles. The SMILES string of the molecule is CCCNCc1ccoc1COc1ccc(F)cc1F. The average Bonchev–Trinajstić information content (AvgIpc) is 2.86. The van der Waals surface area contributed by atoms with Gasteiger partial charge < -0.3 is 14.5 Å². The molecule has 0 saturated heterocycles. The van der Waals surface area contributed by atoms with Crippen LogP contribution >= 0.6 is 0 Å². The quantitative estimate of drug-likeness (QED) is 0.787. The van der Waals surface area contributed by atoms with Crippen molar-refractivity contribution in [1.29, 1.82) is 0 Å². The highest BCUT2D eigenvalue weighted by atomic mass is 19.1. The summed E-state index contributed by atoms with van der Waals surface area (Å²) < 4.78 is 36.8. The molecule has 0 unspecified atom stereocenters. The van der Waals surface area contributed by atoms with E-state index in [1.807, 2.05) is 6.07 Å². The van der Waals surface area contributed by atoms with E-state index < -0.39 is 11.6 Å². The number of halogens is 2. The molecule has 0 spiro atoms. The van der Waals surface area contributed by atoms with E-state index in [9.17, 15) is 8.78 Å². The van der Waals surface area contributed by atoms with Crippen LogP contribution in [0.2, 0.25) is 0 Å². The van der Waals surface area contributed by atoms with Crippen LogP contribution in [0.3, 0.4) is 0 Å². The van der Waals surface area contributed by atoms with E-state index in [4.69, 9.17) is 9.15 Å². The molecule has 0 aliphatic heterocycles. The van der Waals surface area contributed by atoms with Crippen molar-refractivity contribution in [2.24, 2.45) is 0 Å². The maximum absolute atomic E-state index is 13.4. The Morgan fingerprint density at radius 1 is 1.25 bits per heavy atom. The first-order valence-corrected chi connectivity index (χ1v) is 6.54. The lowest BCUT2D eigenvalue weighted by atomic mass is 10.2. The van der Waals surface area contributed by atoms with E-state index in [0.717, 1.165) is 30.7 Å². The zero-order valence-electron chi connectivity index (χ0n) is 11.3. The predicted octanol–water partition coefficient (Wildman–Crippen LogP) is 3.64. The highest BCUT2D eigenvalue weighted by molar-refractivity contribution is 5.25. The maximum atomic E-state index is 13.4. The number of nitrogens with one attached hydrogen (secondary N) is 1. The van der Waals surface area contributed by atoms with Crippen molar-refractivity contribution in [2.45, 2.75) is 26.5 Å². The molecule has 0 fully saturated rings. The van der Waals surface area contributed by atoms with Crippen LogP contribution in [-0.2, 0) is 13.2 Å². The molecule has 0 aliphatic carbocycles. The molecule has 3 nitrogen and oxygen atoms in total. The van der Waals surface area contributed by atoms with E-state index in [-0.39, 0.29) is 12.4 Å². The second kappa shape index (κ2) is 7.05. The molecule has 20 heavy (non-hydrogen) atoms. The van der Waals surface area contributed by atoms with Gasteiger partial charge >= 0.3 is 0 Å². The molecule has 0 amide bonds. The van der Waals surface area contributed by atoms with Gasteiger partial charge in [-0.05, 0) is 31.2 Å². The Labute approximate surface area is 116 Å². The van der Waals surface area contributed by atoms with E-state index in [1.54, 1.807) is 6.26 Å². The number of hydrogen-bond acceptors (Lipinski definition) is 3. The van der Waals surface area contributed by atoms with Gasteiger partial charge in [-0.3, -0.25) is 0 Å². The van der Waals surface area contributed by atoms with Crippen LogP contribution in [-0.4, -0.2) is 6.54 Å². The first kappa shape index (κ1) is 14.5. The fourth-order valence-electron chi connectivity index (χ4n) is 1.79. The van der Waals surface area contributed by atoms with Gasteiger partial charge in [0.2, 0.25) is 0 Å². The standard InChI is InChI=1S/C15H17F2NO2/c1-2-6-18-9-11-5-7-19-15(11)10-20-14-4-3-12(16)8-13(14)17/h3-5,7-8,18H,2,6,9-10H2,1H3. The van der Waals surface area contributed by atoms with Gasteiger partial charge in [-0.1, -0.05) is 6.92 Å². The van der Waals surface area contributed by atoms with E-state index >= 15 is 0 Å². The molecular weight excluding hydrogens is 264 g/mol. The van der Waals surface area contributed by atoms with Crippen molar-refractivity contribution in [3.05, 3.63) is 53.5 Å². The summed E-state index contributed by atoms with van der Waals surface area (Å²) in [6.45, 7) is 3.79. The molecule has 1 aromatic carbocycles. The lowest BCUT2D eigenvalue weighted by molar-refractivity contribution is 0.256. The summed E-state index contributed by atoms with van der Waals surface area (Å²) in [6, 6.07) is 5.07. The molecule has 5 heteroatoms. The highest BCUT2D eigenvalue weighted by Gasteiger charge is 2.09. The molecule has 2 rings (SSSR count). The van der Waals surface area contributed by atoms with Gasteiger partial charge in [0, 0.05) is 18.2 Å². The normalized spacial score (nSPS) is 10.8. The van der Waals surface area contributed by atoms with Crippen molar-refractivity contribution in [1.82, 2.24) is 5.32 Å². The predicted molar refractivity (Wildman–Crippen MR) is 71.4 cm³/mol. The lowest BCUT2D eigenvalue weighted by Crippen LogP contribution is -2.14. The van der Waals surface area contributed by atoms with Gasteiger partial charge in [0.25, 0.3) is 0 Å². The Balaban J connectivity index is 1.95. The topological polar surface area (TPSA) is 34.4 Å². The van der Waals surface area contributed by atoms with Crippen LogP contribution < -0.4 is 10.1 Å². The third-order valence-electron chi connectivity index (χ3n) is 2.83. The van der Waals surface area contributed by atoms with E-state index in [2.05, 4.69) is 12.2 Å². The summed E-state index contributed by atoms with van der Waals surface area (Å²) in [5, 5.41) is 3.26. The van der Waals surface area contributed by atoms with Crippen molar-refractivity contribution in [3.63, 3.8) is 0 Å². The fraction of sp³-hybridized carbons (Fsp3) is 0.333. The first-order chi connectivity index (χ1) is 9.70. The Kier molecular flexibility index (Phi) is 5.12. The highest BCUT2D eigenvalue weighted by Crippen LogP contribution is 2.20. The van der Waals surface area contributed by atoms with Crippen molar-refractivity contribution in [3.8, 4) is 5.75 Å². The Morgan fingerprint density at radius 2 is 2.10 bits per heavy atom. The van der Waals surface area contributed by atoms with Crippen LogP contribution in [0.15, 0.2) is 34.9 Å². The van der Waals surface area contributed by atoms with Gasteiger partial charge in [0.05, 0.1) is 6.26 Å². The largest absolute Gasteiger partial charge is 0.483 e. The summed E-state index contributed by atoms with van der Waals surface area (Å²) in [5.74, 6) is -0.702. The van der Waals surface area contributed by atoms with Crippen molar-refractivity contribution in [2.75, 3.05) is 6.54 Å². The fourth-order valence-corrected chi connectivity index (χ4v) is 1.79. The lowest BCUT2D eigenvalue weighted by Gasteiger charge is -2.07. The monoisotopic (exact) mass is 281 g/mol. The summed E-state index contributed by atoms with van der Waals surface area (Å²) in [7, 11) is 0. The third kappa shape index (κ3) is 3.81. The van der Waals surface area contributed by atoms with Crippen LogP contribution in [0.25, 0.3) is 0 Å². The van der Waals surface area contributed by atoms with Crippen molar-refractivity contribution >= 4 is 0 Å². The minimum Gasteiger partial charge on any atom is -0.483 e. The number of hydrogen-bond donors (Lipinski definition) is 1.